The molecule has 19 heavy (non-hydrogen) atoms. The first-order valence-corrected chi connectivity index (χ1v) is 8.20. The van der Waals surface area contributed by atoms with Crippen molar-refractivity contribution in [2.24, 2.45) is 0 Å². The minimum atomic E-state index is 0.0758. The summed E-state index contributed by atoms with van der Waals surface area (Å²) in [5.74, 6) is 0.310. The van der Waals surface area contributed by atoms with E-state index in [0.29, 0.717) is 11.9 Å². The summed E-state index contributed by atoms with van der Waals surface area (Å²) in [7, 11) is 0. The van der Waals surface area contributed by atoms with Gasteiger partial charge in [-0.1, -0.05) is 6.92 Å². The van der Waals surface area contributed by atoms with Crippen LogP contribution in [0, 0.1) is 0 Å². The molecule has 1 aromatic heterocycles. The van der Waals surface area contributed by atoms with Crippen LogP contribution in [-0.2, 0) is 17.8 Å². The number of carbonyl (C=O) groups is 1. The average Bonchev–Trinajstić information content (AvgIpc) is 3.11. The van der Waals surface area contributed by atoms with Crippen LogP contribution in [0.1, 0.15) is 42.4 Å². The van der Waals surface area contributed by atoms with E-state index in [1.54, 1.807) is 0 Å². The van der Waals surface area contributed by atoms with Crippen LogP contribution in [0.2, 0.25) is 0 Å². The summed E-state index contributed by atoms with van der Waals surface area (Å²) in [5, 5.41) is 3.49. The van der Waals surface area contributed by atoms with Crippen molar-refractivity contribution in [3.63, 3.8) is 0 Å². The summed E-state index contributed by atoms with van der Waals surface area (Å²) < 4.78 is 0. The normalized spacial score (nSPS) is 23.9. The van der Waals surface area contributed by atoms with Gasteiger partial charge >= 0.3 is 0 Å². The number of hydrogen-bond acceptors (Lipinski definition) is 3. The van der Waals surface area contributed by atoms with Gasteiger partial charge in [0, 0.05) is 22.3 Å². The van der Waals surface area contributed by atoms with Crippen LogP contribution in [0.15, 0.2) is 12.1 Å². The van der Waals surface area contributed by atoms with Crippen molar-refractivity contribution in [2.45, 2.75) is 57.7 Å². The number of amides is 1. The zero-order valence-electron chi connectivity index (χ0n) is 11.5. The van der Waals surface area contributed by atoms with E-state index in [4.69, 9.17) is 0 Å². The first kappa shape index (κ1) is 13.1. The molecule has 1 unspecified atom stereocenters. The molecule has 1 saturated heterocycles. The van der Waals surface area contributed by atoms with Crippen LogP contribution < -0.4 is 5.32 Å². The molecule has 1 aliphatic carbocycles. The molecule has 1 amide bonds. The third kappa shape index (κ3) is 3.18. The van der Waals surface area contributed by atoms with Gasteiger partial charge in [0.2, 0.25) is 5.91 Å². The maximum atomic E-state index is 12.4. The lowest BCUT2D eigenvalue weighted by molar-refractivity contribution is -0.136. The van der Waals surface area contributed by atoms with E-state index in [0.717, 1.165) is 32.4 Å². The topological polar surface area (TPSA) is 32.3 Å². The second-order valence-corrected chi connectivity index (χ2v) is 6.87. The summed E-state index contributed by atoms with van der Waals surface area (Å²) in [6.45, 7) is 3.89. The van der Waals surface area contributed by atoms with Crippen molar-refractivity contribution < 1.29 is 4.79 Å². The van der Waals surface area contributed by atoms with E-state index >= 15 is 0 Å². The van der Waals surface area contributed by atoms with Gasteiger partial charge in [-0.05, 0) is 44.2 Å². The number of hydrogen-bond donors (Lipinski definition) is 1. The third-order valence-corrected chi connectivity index (χ3v) is 5.17. The highest BCUT2D eigenvalue weighted by Crippen LogP contribution is 2.24. The van der Waals surface area contributed by atoms with E-state index in [-0.39, 0.29) is 6.04 Å². The van der Waals surface area contributed by atoms with Crippen molar-refractivity contribution in [1.82, 2.24) is 10.2 Å². The number of nitrogens with one attached hydrogen (secondary N) is 1. The summed E-state index contributed by atoms with van der Waals surface area (Å²) in [5.41, 5.74) is 0. The summed E-state index contributed by atoms with van der Waals surface area (Å²) in [6, 6.07) is 5.05. The summed E-state index contributed by atoms with van der Waals surface area (Å²) in [4.78, 5) is 17.2. The number of likely N-dealkylation sites (tertiary alicyclic amines) is 1. The maximum Gasteiger partial charge on any atom is 0.240 e. The molecule has 2 aliphatic rings. The molecule has 2 fully saturated rings. The lowest BCUT2D eigenvalue weighted by Gasteiger charge is -2.32. The van der Waals surface area contributed by atoms with Crippen molar-refractivity contribution in [3.8, 4) is 0 Å². The van der Waals surface area contributed by atoms with Gasteiger partial charge in [0.25, 0.3) is 0 Å². The molecule has 104 valence electrons. The van der Waals surface area contributed by atoms with Crippen LogP contribution in [-0.4, -0.2) is 29.4 Å². The minimum absolute atomic E-state index is 0.0758. The Morgan fingerprint density at radius 2 is 2.11 bits per heavy atom. The number of nitrogens with zero attached hydrogens (tertiary/aromatic N) is 1. The van der Waals surface area contributed by atoms with Crippen molar-refractivity contribution in [1.29, 1.82) is 0 Å². The Balaban J connectivity index is 1.60. The second kappa shape index (κ2) is 5.63. The van der Waals surface area contributed by atoms with Crippen molar-refractivity contribution >= 4 is 17.2 Å². The average molecular weight is 278 g/mol. The lowest BCUT2D eigenvalue weighted by atomic mass is 10.0. The Bertz CT molecular complexity index is 453. The Morgan fingerprint density at radius 1 is 1.32 bits per heavy atom. The standard InChI is InChI=1S/C15H22N2OS/c1-2-12-7-8-13(19-12)10-17-9-3-4-14(15(17)18)16-11-5-6-11/h7-8,11,14,16H,2-6,9-10H2,1H3. The van der Waals surface area contributed by atoms with Crippen molar-refractivity contribution in [2.75, 3.05) is 6.54 Å². The smallest absolute Gasteiger partial charge is 0.240 e. The third-order valence-electron chi connectivity index (χ3n) is 3.96. The molecule has 2 heterocycles. The van der Waals surface area contributed by atoms with E-state index in [1.165, 1.54) is 22.6 Å². The molecule has 1 N–H and O–H groups in total. The number of carbonyl (C=O) groups excluding carboxylic acids is 1. The molecule has 1 aromatic rings. The predicted molar refractivity (Wildman–Crippen MR) is 78.3 cm³/mol. The molecule has 0 radical (unpaired) electrons. The SMILES string of the molecule is CCc1ccc(CN2CCCC(NC3CC3)C2=O)s1. The van der Waals surface area contributed by atoms with E-state index in [1.807, 2.05) is 16.2 Å². The molecule has 1 saturated carbocycles. The monoisotopic (exact) mass is 278 g/mol. The Kier molecular flexibility index (Phi) is 3.89. The highest BCUT2D eigenvalue weighted by Gasteiger charge is 2.33. The van der Waals surface area contributed by atoms with Gasteiger partial charge in [-0.25, -0.2) is 0 Å². The molecular formula is C15H22N2OS. The number of piperidine rings is 1. The number of rotatable bonds is 5. The Labute approximate surface area is 119 Å². The molecular weight excluding hydrogens is 256 g/mol. The molecule has 0 bridgehead atoms. The van der Waals surface area contributed by atoms with Crippen LogP contribution in [0.4, 0.5) is 0 Å². The molecule has 3 rings (SSSR count). The van der Waals surface area contributed by atoms with Gasteiger partial charge in [-0.15, -0.1) is 11.3 Å². The fraction of sp³-hybridized carbons (Fsp3) is 0.667. The second-order valence-electron chi connectivity index (χ2n) is 5.62. The van der Waals surface area contributed by atoms with Crippen LogP contribution >= 0.6 is 11.3 Å². The van der Waals surface area contributed by atoms with E-state index in [9.17, 15) is 4.79 Å². The van der Waals surface area contributed by atoms with E-state index in [2.05, 4.69) is 24.4 Å². The molecule has 1 atom stereocenters. The summed E-state index contributed by atoms with van der Waals surface area (Å²) in [6.07, 6.45) is 5.71. The zero-order chi connectivity index (χ0) is 13.2. The van der Waals surface area contributed by atoms with Gasteiger partial charge in [0.1, 0.15) is 0 Å². The molecule has 0 aromatic carbocycles. The lowest BCUT2D eigenvalue weighted by Crippen LogP contribution is -2.50. The molecule has 1 aliphatic heterocycles. The van der Waals surface area contributed by atoms with Crippen LogP contribution in [0.3, 0.4) is 0 Å². The van der Waals surface area contributed by atoms with Gasteiger partial charge in [0.15, 0.2) is 0 Å². The van der Waals surface area contributed by atoms with E-state index < -0.39 is 0 Å². The number of aryl methyl sites for hydroxylation is 1. The Morgan fingerprint density at radius 3 is 2.79 bits per heavy atom. The fourth-order valence-electron chi connectivity index (χ4n) is 2.67. The van der Waals surface area contributed by atoms with Gasteiger partial charge in [-0.2, -0.15) is 0 Å². The largest absolute Gasteiger partial charge is 0.336 e. The highest BCUT2D eigenvalue weighted by atomic mass is 32.1. The van der Waals surface area contributed by atoms with Crippen LogP contribution in [0.25, 0.3) is 0 Å². The zero-order valence-corrected chi connectivity index (χ0v) is 12.3. The highest BCUT2D eigenvalue weighted by molar-refractivity contribution is 7.11. The summed E-state index contributed by atoms with van der Waals surface area (Å²) >= 11 is 1.84. The quantitative estimate of drug-likeness (QED) is 0.898. The van der Waals surface area contributed by atoms with Crippen molar-refractivity contribution in [3.05, 3.63) is 21.9 Å². The van der Waals surface area contributed by atoms with Gasteiger partial charge < -0.3 is 10.2 Å². The minimum Gasteiger partial charge on any atom is -0.336 e. The molecule has 4 heteroatoms. The maximum absolute atomic E-state index is 12.4. The Hall–Kier alpha value is -0.870. The van der Waals surface area contributed by atoms with Gasteiger partial charge in [-0.3, -0.25) is 4.79 Å². The van der Waals surface area contributed by atoms with Gasteiger partial charge in [0.05, 0.1) is 12.6 Å². The number of thiophene rings is 1. The first-order chi connectivity index (χ1) is 9.26. The first-order valence-electron chi connectivity index (χ1n) is 7.38. The molecule has 0 spiro atoms. The van der Waals surface area contributed by atoms with Crippen LogP contribution in [0.5, 0.6) is 0 Å². The predicted octanol–water partition coefficient (Wildman–Crippen LogP) is 2.55. The fourth-order valence-corrected chi connectivity index (χ4v) is 3.65. The molecule has 3 nitrogen and oxygen atoms in total.